The number of hydrogen-bond acceptors (Lipinski definition) is 7. The molecule has 0 aromatic heterocycles. The molecule has 142 valence electrons. The highest BCUT2D eigenvalue weighted by Crippen LogP contribution is 2.71. The fraction of sp³-hybridized carbons (Fsp3) is 0.400. The van der Waals surface area contributed by atoms with Gasteiger partial charge in [-0.25, -0.2) is 0 Å². The minimum Gasteiger partial charge on any atom is -0.508 e. The maximum absolute atomic E-state index is 11.6. The Kier molecular flexibility index (Phi) is 3.28. The summed E-state index contributed by atoms with van der Waals surface area (Å²) < 4.78 is 23.0. The van der Waals surface area contributed by atoms with Crippen LogP contribution in [-0.2, 0) is 25.4 Å². The Hall–Kier alpha value is -2.16. The summed E-state index contributed by atoms with van der Waals surface area (Å²) in [5.41, 5.74) is -1.66. The Morgan fingerprint density at radius 3 is 2.11 bits per heavy atom. The second-order valence-corrected chi connectivity index (χ2v) is 7.19. The highest BCUT2D eigenvalue weighted by atomic mass is 16.8. The molecule has 2 aromatic rings. The molecule has 3 N–H and O–H groups in total. The maximum Gasteiger partial charge on any atom is 0.235 e. The number of aliphatic hydroxyl groups is 2. The van der Waals surface area contributed by atoms with Crippen LogP contribution in [0.5, 0.6) is 11.5 Å². The van der Waals surface area contributed by atoms with Gasteiger partial charge in [-0.15, -0.1) is 0 Å². The van der Waals surface area contributed by atoms with Gasteiger partial charge in [-0.3, -0.25) is 0 Å². The second-order valence-electron chi connectivity index (χ2n) is 7.19. The Balaban J connectivity index is 1.60. The van der Waals surface area contributed by atoms with Gasteiger partial charge in [0.05, 0.1) is 7.11 Å². The molecule has 3 heterocycles. The summed E-state index contributed by atoms with van der Waals surface area (Å²) in [5.74, 6) is -0.926. The minimum atomic E-state index is -1.71. The molecule has 0 spiro atoms. The molecule has 27 heavy (non-hydrogen) atoms. The van der Waals surface area contributed by atoms with E-state index >= 15 is 0 Å². The molecule has 0 saturated carbocycles. The van der Waals surface area contributed by atoms with E-state index in [0.29, 0.717) is 11.3 Å². The van der Waals surface area contributed by atoms with Crippen LogP contribution >= 0.6 is 0 Å². The normalized spacial score (nSPS) is 41.4. The Morgan fingerprint density at radius 2 is 1.52 bits per heavy atom. The van der Waals surface area contributed by atoms with Crippen LogP contribution < -0.4 is 4.74 Å². The molecule has 6 atom stereocenters. The number of aliphatic hydroxyl groups excluding tert-OH is 1. The lowest BCUT2D eigenvalue weighted by molar-refractivity contribution is -0.383. The summed E-state index contributed by atoms with van der Waals surface area (Å²) in [7, 11) is 2.97. The van der Waals surface area contributed by atoms with Gasteiger partial charge in [-0.1, -0.05) is 24.3 Å². The molecule has 2 bridgehead atoms. The lowest BCUT2D eigenvalue weighted by Gasteiger charge is -2.60. The van der Waals surface area contributed by atoms with Gasteiger partial charge < -0.3 is 34.3 Å². The van der Waals surface area contributed by atoms with Crippen molar-refractivity contribution in [3.05, 3.63) is 59.7 Å². The number of fused-ring (bicyclic) bond motifs is 1. The van der Waals surface area contributed by atoms with Gasteiger partial charge in [-0.2, -0.15) is 0 Å². The van der Waals surface area contributed by atoms with Crippen molar-refractivity contribution in [2.24, 2.45) is 0 Å². The topological polar surface area (TPSA) is 97.6 Å². The van der Waals surface area contributed by atoms with E-state index in [1.165, 1.54) is 19.2 Å². The van der Waals surface area contributed by atoms with Crippen LogP contribution in [0.25, 0.3) is 0 Å². The fourth-order valence-corrected chi connectivity index (χ4v) is 4.84. The molecule has 3 saturated heterocycles. The molecule has 0 amide bonds. The minimum absolute atomic E-state index is 0.0700. The van der Waals surface area contributed by atoms with Crippen LogP contribution in [0.4, 0.5) is 0 Å². The molecule has 7 nitrogen and oxygen atoms in total. The Bertz CT molecular complexity index is 882. The number of ether oxygens (including phenoxy) is 4. The molecule has 3 aliphatic heterocycles. The van der Waals surface area contributed by atoms with Crippen molar-refractivity contribution in [3.63, 3.8) is 0 Å². The summed E-state index contributed by atoms with van der Waals surface area (Å²) in [5, 5.41) is 32.4. The SMILES string of the molecule is COc1ccc(C23OC4C2OC(OC)(C3O)C4(O)c2ccc(O)cc2)cc1. The molecule has 7 heteroatoms. The van der Waals surface area contributed by atoms with Gasteiger partial charge >= 0.3 is 0 Å². The predicted octanol–water partition coefficient (Wildman–Crippen LogP) is 0.999. The van der Waals surface area contributed by atoms with E-state index in [4.69, 9.17) is 18.9 Å². The first kappa shape index (κ1) is 17.0. The number of benzene rings is 2. The Labute approximate surface area is 155 Å². The predicted molar refractivity (Wildman–Crippen MR) is 92.2 cm³/mol. The van der Waals surface area contributed by atoms with E-state index < -0.39 is 35.3 Å². The lowest BCUT2D eigenvalue weighted by Crippen LogP contribution is -2.79. The number of rotatable bonds is 4. The van der Waals surface area contributed by atoms with Crippen LogP contribution in [0.3, 0.4) is 0 Å². The summed E-state index contributed by atoms with van der Waals surface area (Å²) in [6, 6.07) is 13.3. The van der Waals surface area contributed by atoms with E-state index in [0.717, 1.165) is 5.56 Å². The number of methoxy groups -OCH3 is 2. The third kappa shape index (κ3) is 1.70. The van der Waals surface area contributed by atoms with Gasteiger partial charge in [0.1, 0.15) is 29.8 Å². The molecule has 2 aromatic carbocycles. The first-order valence-corrected chi connectivity index (χ1v) is 8.69. The van der Waals surface area contributed by atoms with Crippen LogP contribution in [0.2, 0.25) is 0 Å². The average molecular weight is 372 g/mol. The van der Waals surface area contributed by atoms with Crippen molar-refractivity contribution in [1.29, 1.82) is 0 Å². The largest absolute Gasteiger partial charge is 0.508 e. The quantitative estimate of drug-likeness (QED) is 0.737. The van der Waals surface area contributed by atoms with E-state index in [1.807, 2.05) is 12.1 Å². The van der Waals surface area contributed by atoms with Crippen LogP contribution in [0.1, 0.15) is 11.1 Å². The van der Waals surface area contributed by atoms with Crippen molar-refractivity contribution in [1.82, 2.24) is 0 Å². The molecular formula is C20H20O7. The number of hydrogen-bond donors (Lipinski definition) is 3. The number of aromatic hydroxyl groups is 1. The molecule has 5 rings (SSSR count). The molecular weight excluding hydrogens is 352 g/mol. The van der Waals surface area contributed by atoms with E-state index in [1.54, 1.807) is 31.4 Å². The van der Waals surface area contributed by atoms with Crippen molar-refractivity contribution in [2.45, 2.75) is 35.3 Å². The third-order valence-electron chi connectivity index (χ3n) is 6.18. The highest BCUT2D eigenvalue weighted by molar-refractivity contribution is 5.47. The zero-order valence-electron chi connectivity index (χ0n) is 14.8. The number of phenols is 1. The highest BCUT2D eigenvalue weighted by Gasteiger charge is 2.90. The van der Waals surface area contributed by atoms with E-state index in [-0.39, 0.29) is 5.75 Å². The zero-order chi connectivity index (χ0) is 19.0. The van der Waals surface area contributed by atoms with Gasteiger partial charge in [0.2, 0.25) is 5.79 Å². The van der Waals surface area contributed by atoms with Crippen LogP contribution in [-0.4, -0.2) is 53.6 Å². The second kappa shape index (κ2) is 5.21. The standard InChI is InChI=1S/C20H20O7/c1-24-14-9-5-11(6-10-14)18-15-16(26-18)19(23,12-3-7-13(21)8-4-12)20(25-2,27-15)17(18)22/h3-10,15-17,21-23H,1-2H3. The first-order valence-electron chi connectivity index (χ1n) is 8.69. The summed E-state index contributed by atoms with van der Waals surface area (Å²) in [4.78, 5) is 0. The van der Waals surface area contributed by atoms with Crippen molar-refractivity contribution in [3.8, 4) is 11.5 Å². The van der Waals surface area contributed by atoms with E-state index in [2.05, 4.69) is 0 Å². The molecule has 3 fully saturated rings. The average Bonchev–Trinajstić information content (AvgIpc) is 3.00. The van der Waals surface area contributed by atoms with Crippen molar-refractivity contribution >= 4 is 0 Å². The molecule has 0 radical (unpaired) electrons. The number of phenolic OH excluding ortho intramolecular Hbond substituents is 1. The summed E-state index contributed by atoms with van der Waals surface area (Å²) in [6.07, 6.45) is -2.57. The van der Waals surface area contributed by atoms with Gasteiger partial charge in [0.25, 0.3) is 0 Å². The lowest BCUT2D eigenvalue weighted by atomic mass is 9.60. The van der Waals surface area contributed by atoms with Crippen molar-refractivity contribution in [2.75, 3.05) is 14.2 Å². The summed E-state index contributed by atoms with van der Waals surface area (Å²) in [6.45, 7) is 0. The fourth-order valence-electron chi connectivity index (χ4n) is 4.84. The van der Waals surface area contributed by atoms with Crippen LogP contribution in [0.15, 0.2) is 48.5 Å². The molecule has 3 aliphatic rings. The van der Waals surface area contributed by atoms with Gasteiger partial charge in [0.15, 0.2) is 11.2 Å². The van der Waals surface area contributed by atoms with E-state index in [9.17, 15) is 15.3 Å². The van der Waals surface area contributed by atoms with Crippen molar-refractivity contribution < 1.29 is 34.3 Å². The summed E-state index contributed by atoms with van der Waals surface area (Å²) >= 11 is 0. The smallest absolute Gasteiger partial charge is 0.235 e. The molecule has 6 unspecified atom stereocenters. The first-order chi connectivity index (χ1) is 12.9. The Morgan fingerprint density at radius 1 is 0.889 bits per heavy atom. The van der Waals surface area contributed by atoms with Crippen LogP contribution in [0, 0.1) is 0 Å². The maximum atomic E-state index is 11.6. The zero-order valence-corrected chi connectivity index (χ0v) is 14.8. The monoisotopic (exact) mass is 372 g/mol. The third-order valence-corrected chi connectivity index (χ3v) is 6.18. The van der Waals surface area contributed by atoms with Gasteiger partial charge in [0, 0.05) is 7.11 Å². The molecule has 0 aliphatic carbocycles. The van der Waals surface area contributed by atoms with Gasteiger partial charge in [-0.05, 0) is 35.4 Å².